The second-order valence-electron chi connectivity index (χ2n) is 2.48. The molecule has 0 saturated carbocycles. The predicted octanol–water partition coefficient (Wildman–Crippen LogP) is 0.00580. The van der Waals surface area contributed by atoms with Crippen molar-refractivity contribution in [2.45, 2.75) is 0 Å². The van der Waals surface area contributed by atoms with Gasteiger partial charge in [-0.15, -0.1) is 0 Å². The Morgan fingerprint density at radius 3 is 2.33 bits per heavy atom. The van der Waals surface area contributed by atoms with E-state index in [1.54, 1.807) is 0 Å². The Labute approximate surface area is 71.0 Å². The van der Waals surface area contributed by atoms with E-state index in [0.717, 1.165) is 11.0 Å². The Kier molecular flexibility index (Phi) is 1.47. The van der Waals surface area contributed by atoms with E-state index in [4.69, 9.17) is 13.6 Å². The zero-order valence-corrected chi connectivity index (χ0v) is 6.36. The third-order valence-corrected chi connectivity index (χ3v) is 1.63. The lowest BCUT2D eigenvalue weighted by Crippen LogP contribution is -2.15. The molecule has 3 nitrogen and oxygen atoms in total. The monoisotopic (exact) mass is 155 g/mol. The van der Waals surface area contributed by atoms with E-state index in [1.807, 2.05) is 24.3 Å². The van der Waals surface area contributed by atoms with Crippen LogP contribution in [0.2, 0.25) is 0 Å². The number of hydrogen-bond acceptors (Lipinski definition) is 3. The Morgan fingerprint density at radius 2 is 1.67 bits per heavy atom. The Morgan fingerprint density at radius 1 is 1.08 bits per heavy atom. The third kappa shape index (κ3) is 1.01. The van der Waals surface area contributed by atoms with E-state index in [-0.39, 0.29) is 11.4 Å². The van der Waals surface area contributed by atoms with Gasteiger partial charge >= 0.3 is 0 Å². The van der Waals surface area contributed by atoms with Crippen molar-refractivity contribution in [3.63, 3.8) is 0 Å². The fraction of sp³-hybridized carbons (Fsp3) is 0. The summed E-state index contributed by atoms with van der Waals surface area (Å²) in [6.45, 7) is 0. The zero-order chi connectivity index (χ0) is 8.55. The number of nitrogens with zero attached hydrogens (tertiary/aromatic N) is 2. The van der Waals surface area contributed by atoms with Crippen LogP contribution < -0.4 is 11.3 Å². The fourth-order valence-corrected chi connectivity index (χ4v) is 1.03. The first-order chi connectivity index (χ1) is 5.77. The number of aromatic nitrogens is 2. The lowest BCUT2D eigenvalue weighted by atomic mass is 10.0. The summed E-state index contributed by atoms with van der Waals surface area (Å²) in [5, 5.41) is 0. The van der Waals surface area contributed by atoms with E-state index in [2.05, 4.69) is 9.97 Å². The molecule has 2 aromatic rings. The molecule has 0 saturated heterocycles. The number of nitrogens with two attached hydrogens (primary N) is 1. The van der Waals surface area contributed by atoms with Gasteiger partial charge in [0.25, 0.3) is 0 Å². The molecule has 2 N–H and O–H groups in total. The van der Waals surface area contributed by atoms with Crippen LogP contribution in [0.3, 0.4) is 0 Å². The van der Waals surface area contributed by atoms with Gasteiger partial charge in [-0.25, -0.2) is 4.98 Å². The Hall–Kier alpha value is -1.58. The lowest BCUT2D eigenvalue weighted by molar-refractivity contribution is 1.35. The second kappa shape index (κ2) is 2.48. The van der Waals surface area contributed by atoms with Crippen LogP contribution in [0, 0.1) is 0 Å². The molecular formula is C8H6BN3. The van der Waals surface area contributed by atoms with Crippen molar-refractivity contribution in [2.24, 2.45) is 0 Å². The molecule has 0 aliphatic heterocycles. The van der Waals surface area contributed by atoms with Gasteiger partial charge in [0.1, 0.15) is 13.7 Å². The summed E-state index contributed by atoms with van der Waals surface area (Å²) in [6, 6.07) is 7.45. The van der Waals surface area contributed by atoms with Crippen LogP contribution in [0.5, 0.6) is 0 Å². The van der Waals surface area contributed by atoms with E-state index < -0.39 is 0 Å². The van der Waals surface area contributed by atoms with Crippen molar-refractivity contribution in [1.82, 2.24) is 9.97 Å². The quantitative estimate of drug-likeness (QED) is 0.545. The molecule has 2 rings (SSSR count). The van der Waals surface area contributed by atoms with E-state index >= 15 is 0 Å². The van der Waals surface area contributed by atoms with E-state index in [1.165, 1.54) is 0 Å². The summed E-state index contributed by atoms with van der Waals surface area (Å²) in [7, 11) is 5.49. The molecule has 0 atom stereocenters. The highest BCUT2D eigenvalue weighted by Crippen LogP contribution is 2.06. The molecular weight excluding hydrogens is 149 g/mol. The minimum atomic E-state index is 0.286. The van der Waals surface area contributed by atoms with Crippen LogP contribution in [-0.4, -0.2) is 17.8 Å². The summed E-state index contributed by atoms with van der Waals surface area (Å²) in [4.78, 5) is 8.13. The molecule has 0 fully saturated rings. The smallest absolute Gasteiger partial charge is 0.147 e. The maximum Gasteiger partial charge on any atom is 0.147 e. The number of rotatable bonds is 0. The van der Waals surface area contributed by atoms with Gasteiger partial charge in [-0.2, -0.15) is 0 Å². The number of anilines is 1. The molecule has 1 aromatic heterocycles. The van der Waals surface area contributed by atoms with Crippen molar-refractivity contribution in [2.75, 3.05) is 5.73 Å². The minimum Gasteiger partial charge on any atom is -0.383 e. The van der Waals surface area contributed by atoms with Gasteiger partial charge in [-0.05, 0) is 12.1 Å². The summed E-state index contributed by atoms with van der Waals surface area (Å²) in [6.07, 6.45) is 0. The van der Waals surface area contributed by atoms with Gasteiger partial charge in [-0.1, -0.05) is 12.1 Å². The third-order valence-electron chi connectivity index (χ3n) is 1.63. The lowest BCUT2D eigenvalue weighted by Gasteiger charge is -2.00. The van der Waals surface area contributed by atoms with Crippen LogP contribution in [0.25, 0.3) is 11.0 Å². The molecule has 0 bridgehead atoms. The molecule has 1 aromatic carbocycles. The summed E-state index contributed by atoms with van der Waals surface area (Å²) in [5.74, 6) is 0.286. The van der Waals surface area contributed by atoms with Gasteiger partial charge in [0, 0.05) is 5.59 Å². The molecule has 1 heterocycles. The van der Waals surface area contributed by atoms with Crippen LogP contribution in [-0.2, 0) is 0 Å². The van der Waals surface area contributed by atoms with Gasteiger partial charge in [0.15, 0.2) is 0 Å². The number of nitrogen functional groups attached to an aromatic ring is 1. The van der Waals surface area contributed by atoms with E-state index in [9.17, 15) is 0 Å². The molecule has 0 aliphatic carbocycles. The first-order valence-corrected chi connectivity index (χ1v) is 3.55. The normalized spacial score (nSPS) is 10.3. The molecule has 0 spiro atoms. The molecule has 12 heavy (non-hydrogen) atoms. The van der Waals surface area contributed by atoms with Crippen LogP contribution >= 0.6 is 0 Å². The predicted molar refractivity (Wildman–Crippen MR) is 49.3 cm³/mol. The number of hydrogen-bond donors (Lipinski definition) is 1. The standard InChI is InChI=1S/C8H6BN3/c9-7-8(10)12-6-4-2-1-3-5(6)11-7/h1-4H,(H2,10,12). The fourth-order valence-electron chi connectivity index (χ4n) is 1.03. The molecule has 4 heteroatoms. The molecule has 0 amide bonds. The van der Waals surface area contributed by atoms with Crippen LogP contribution in [0.15, 0.2) is 24.3 Å². The van der Waals surface area contributed by atoms with Crippen molar-refractivity contribution < 1.29 is 0 Å². The van der Waals surface area contributed by atoms with E-state index in [0.29, 0.717) is 0 Å². The van der Waals surface area contributed by atoms with Gasteiger partial charge in [0.2, 0.25) is 0 Å². The molecule has 0 aliphatic rings. The summed E-state index contributed by atoms with van der Waals surface area (Å²) < 4.78 is 0. The van der Waals surface area contributed by atoms with Crippen LogP contribution in [0.1, 0.15) is 0 Å². The molecule has 56 valence electrons. The van der Waals surface area contributed by atoms with Gasteiger partial charge in [-0.3, -0.25) is 4.98 Å². The number of benzene rings is 1. The highest BCUT2D eigenvalue weighted by molar-refractivity contribution is 6.33. The highest BCUT2D eigenvalue weighted by Gasteiger charge is 1.98. The number of para-hydroxylation sites is 2. The summed E-state index contributed by atoms with van der Waals surface area (Å²) >= 11 is 0. The Balaban J connectivity index is 2.84. The second-order valence-corrected chi connectivity index (χ2v) is 2.48. The van der Waals surface area contributed by atoms with Crippen LogP contribution in [0.4, 0.5) is 5.82 Å². The topological polar surface area (TPSA) is 51.8 Å². The maximum absolute atomic E-state index is 5.49. The average molecular weight is 155 g/mol. The zero-order valence-electron chi connectivity index (χ0n) is 6.36. The first kappa shape index (κ1) is 7.09. The van der Waals surface area contributed by atoms with Crippen molar-refractivity contribution in [1.29, 1.82) is 0 Å². The van der Waals surface area contributed by atoms with Crippen molar-refractivity contribution in [3.8, 4) is 0 Å². The maximum atomic E-state index is 5.49. The Bertz CT molecular complexity index is 387. The van der Waals surface area contributed by atoms with Crippen molar-refractivity contribution in [3.05, 3.63) is 24.3 Å². The highest BCUT2D eigenvalue weighted by atomic mass is 14.9. The minimum absolute atomic E-state index is 0.286. The first-order valence-electron chi connectivity index (χ1n) is 3.55. The number of fused-ring (bicyclic) bond motifs is 1. The molecule has 2 radical (unpaired) electrons. The van der Waals surface area contributed by atoms with Gasteiger partial charge in [0.05, 0.1) is 11.0 Å². The SMILES string of the molecule is [B]c1nc2ccccc2nc1N. The molecule has 0 unspecified atom stereocenters. The van der Waals surface area contributed by atoms with Crippen molar-refractivity contribution >= 4 is 30.3 Å². The van der Waals surface area contributed by atoms with Gasteiger partial charge < -0.3 is 5.73 Å². The largest absolute Gasteiger partial charge is 0.383 e. The average Bonchev–Trinajstić information content (AvgIpc) is 2.07. The summed E-state index contributed by atoms with van der Waals surface area (Å²) in [5.41, 5.74) is 7.31.